The number of anilines is 1. The Labute approximate surface area is 178 Å². The van der Waals surface area contributed by atoms with Gasteiger partial charge in [0.05, 0.1) is 25.5 Å². The van der Waals surface area contributed by atoms with Crippen LogP contribution in [0.1, 0.15) is 20.8 Å². The summed E-state index contributed by atoms with van der Waals surface area (Å²) in [5.74, 6) is -1.56. The molecule has 6 nitrogen and oxygen atoms in total. The Bertz CT molecular complexity index is 1060. The molecule has 0 saturated carbocycles. The molecule has 2 aromatic heterocycles. The number of nitrogens with zero attached hydrogens (tertiary/aromatic N) is 3. The highest BCUT2D eigenvalue weighted by Gasteiger charge is 2.24. The zero-order valence-electron chi connectivity index (χ0n) is 17.8. The Morgan fingerprint density at radius 3 is 2.20 bits per heavy atom. The van der Waals surface area contributed by atoms with E-state index in [0.29, 0.717) is 28.4 Å². The third-order valence-corrected chi connectivity index (χ3v) is 4.90. The Hall–Kier alpha value is -2.68. The van der Waals surface area contributed by atoms with E-state index in [4.69, 9.17) is 9.47 Å². The highest BCUT2D eigenvalue weighted by molar-refractivity contribution is 7.98. The number of benzene rings is 1. The topological polar surface area (TPSA) is 69.2 Å². The van der Waals surface area contributed by atoms with Crippen molar-refractivity contribution in [2.75, 3.05) is 32.3 Å². The summed E-state index contributed by atoms with van der Waals surface area (Å²) in [5.41, 5.74) is 0.292. The van der Waals surface area contributed by atoms with E-state index in [1.807, 2.05) is 6.26 Å². The Morgan fingerprint density at radius 2 is 1.67 bits per heavy atom. The molecule has 30 heavy (non-hydrogen) atoms. The number of hydrogen-bond donors (Lipinski definition) is 1. The van der Waals surface area contributed by atoms with Crippen LogP contribution in [0.4, 0.5) is 14.6 Å². The van der Waals surface area contributed by atoms with Gasteiger partial charge in [0.1, 0.15) is 5.52 Å². The van der Waals surface area contributed by atoms with Crippen LogP contribution < -0.4 is 14.8 Å². The summed E-state index contributed by atoms with van der Waals surface area (Å²) in [6.45, 7) is 6.80. The number of aromatic nitrogens is 3. The molecule has 2 heterocycles. The van der Waals surface area contributed by atoms with Crippen LogP contribution in [0.2, 0.25) is 0 Å². The van der Waals surface area contributed by atoms with Crippen LogP contribution >= 0.6 is 11.8 Å². The maximum absolute atomic E-state index is 15.0. The molecule has 0 spiro atoms. The Morgan fingerprint density at radius 1 is 1.03 bits per heavy atom. The minimum Gasteiger partial charge on any atom is -0.494 e. The monoisotopic (exact) mass is 434 g/mol. The van der Waals surface area contributed by atoms with E-state index in [1.165, 1.54) is 32.0 Å². The van der Waals surface area contributed by atoms with Crippen molar-refractivity contribution < 1.29 is 18.3 Å². The molecule has 0 amide bonds. The molecule has 0 unspecified atom stereocenters. The molecular formula is C21H24F2N4O2S. The van der Waals surface area contributed by atoms with Gasteiger partial charge in [-0.05, 0) is 17.7 Å². The fourth-order valence-corrected chi connectivity index (χ4v) is 3.17. The molecule has 1 aromatic carbocycles. The third kappa shape index (κ3) is 4.40. The van der Waals surface area contributed by atoms with Crippen LogP contribution in [0, 0.1) is 17.0 Å². The van der Waals surface area contributed by atoms with Crippen LogP contribution in [0.15, 0.2) is 23.5 Å². The zero-order valence-corrected chi connectivity index (χ0v) is 18.6. The van der Waals surface area contributed by atoms with Crippen LogP contribution in [0.5, 0.6) is 11.5 Å². The quantitative estimate of drug-likeness (QED) is 0.424. The average molecular weight is 435 g/mol. The minimum absolute atomic E-state index is 0.0466. The van der Waals surface area contributed by atoms with E-state index in [0.717, 1.165) is 0 Å². The SMILES string of the molecule is COc1cc(OC)c(F)c(-c2cc3cnc(SC)nc3c(NCC(C)(C)C)n2)c1F. The molecule has 3 rings (SSSR count). The van der Waals surface area contributed by atoms with Crippen molar-refractivity contribution in [3.63, 3.8) is 0 Å². The predicted molar refractivity (Wildman–Crippen MR) is 116 cm³/mol. The number of pyridine rings is 1. The number of fused-ring (bicyclic) bond motifs is 1. The summed E-state index contributed by atoms with van der Waals surface area (Å²) in [5, 5.41) is 4.45. The lowest BCUT2D eigenvalue weighted by atomic mass is 9.97. The summed E-state index contributed by atoms with van der Waals surface area (Å²) < 4.78 is 40.2. The van der Waals surface area contributed by atoms with Crippen LogP contribution in [0.25, 0.3) is 22.2 Å². The molecule has 9 heteroatoms. The number of thioether (sulfide) groups is 1. The highest BCUT2D eigenvalue weighted by atomic mass is 32.2. The lowest BCUT2D eigenvalue weighted by molar-refractivity contribution is 0.359. The van der Waals surface area contributed by atoms with Crippen molar-refractivity contribution in [2.45, 2.75) is 25.9 Å². The second-order valence-electron chi connectivity index (χ2n) is 7.85. The summed E-state index contributed by atoms with van der Waals surface area (Å²) in [6, 6.07) is 2.73. The van der Waals surface area contributed by atoms with E-state index < -0.39 is 11.6 Å². The van der Waals surface area contributed by atoms with Gasteiger partial charge in [-0.25, -0.2) is 23.7 Å². The number of methoxy groups -OCH3 is 2. The van der Waals surface area contributed by atoms with Gasteiger partial charge in [0, 0.05) is 24.2 Å². The van der Waals surface area contributed by atoms with Crippen molar-refractivity contribution in [2.24, 2.45) is 5.41 Å². The summed E-state index contributed by atoms with van der Waals surface area (Å²) >= 11 is 1.40. The van der Waals surface area contributed by atoms with E-state index in [-0.39, 0.29) is 28.2 Å². The largest absolute Gasteiger partial charge is 0.494 e. The van der Waals surface area contributed by atoms with Gasteiger partial charge in [0.15, 0.2) is 34.1 Å². The van der Waals surface area contributed by atoms with Gasteiger partial charge < -0.3 is 14.8 Å². The third-order valence-electron chi connectivity index (χ3n) is 4.34. The highest BCUT2D eigenvalue weighted by Crippen LogP contribution is 2.38. The van der Waals surface area contributed by atoms with Crippen LogP contribution in [-0.4, -0.2) is 42.0 Å². The molecule has 0 radical (unpaired) electrons. The van der Waals surface area contributed by atoms with Gasteiger partial charge in [-0.2, -0.15) is 0 Å². The van der Waals surface area contributed by atoms with Crippen molar-refractivity contribution in [3.8, 4) is 22.8 Å². The molecule has 1 N–H and O–H groups in total. The molecule has 0 bridgehead atoms. The molecule has 0 saturated heterocycles. The molecular weight excluding hydrogens is 410 g/mol. The second-order valence-corrected chi connectivity index (χ2v) is 8.62. The first-order chi connectivity index (χ1) is 14.2. The summed E-state index contributed by atoms with van der Waals surface area (Å²) in [7, 11) is 2.61. The van der Waals surface area contributed by atoms with Crippen LogP contribution in [-0.2, 0) is 0 Å². The first-order valence-corrected chi connectivity index (χ1v) is 10.5. The van der Waals surface area contributed by atoms with Crippen molar-refractivity contribution in [1.82, 2.24) is 15.0 Å². The number of rotatable bonds is 6. The lowest BCUT2D eigenvalue weighted by Gasteiger charge is -2.20. The molecule has 0 aliphatic heterocycles. The Kier molecular flexibility index (Phi) is 6.30. The lowest BCUT2D eigenvalue weighted by Crippen LogP contribution is -2.20. The normalized spacial score (nSPS) is 11.6. The minimum atomic E-state index is -0.855. The van der Waals surface area contributed by atoms with Gasteiger partial charge in [0.25, 0.3) is 0 Å². The Balaban J connectivity index is 2.27. The van der Waals surface area contributed by atoms with E-state index >= 15 is 8.78 Å². The molecule has 0 atom stereocenters. The molecule has 160 valence electrons. The maximum atomic E-state index is 15.0. The fraction of sp³-hybridized carbons (Fsp3) is 0.381. The molecule has 0 aliphatic carbocycles. The smallest absolute Gasteiger partial charge is 0.187 e. The van der Waals surface area contributed by atoms with Gasteiger partial charge in [-0.15, -0.1) is 0 Å². The van der Waals surface area contributed by atoms with Crippen molar-refractivity contribution >= 4 is 28.5 Å². The summed E-state index contributed by atoms with van der Waals surface area (Å²) in [4.78, 5) is 13.3. The number of hydrogen-bond acceptors (Lipinski definition) is 7. The average Bonchev–Trinajstić information content (AvgIpc) is 2.71. The molecule has 0 fully saturated rings. The first-order valence-electron chi connectivity index (χ1n) is 9.24. The summed E-state index contributed by atoms with van der Waals surface area (Å²) in [6.07, 6.45) is 3.49. The first kappa shape index (κ1) is 22.0. The number of ether oxygens (including phenoxy) is 2. The van der Waals surface area contributed by atoms with E-state index in [2.05, 4.69) is 41.0 Å². The predicted octanol–water partition coefficient (Wildman–Crippen LogP) is 5.17. The number of halogens is 2. The molecule has 0 aliphatic rings. The van der Waals surface area contributed by atoms with Gasteiger partial charge in [-0.3, -0.25) is 0 Å². The fourth-order valence-electron chi connectivity index (χ4n) is 2.83. The second kappa shape index (κ2) is 8.59. The van der Waals surface area contributed by atoms with Gasteiger partial charge in [-0.1, -0.05) is 32.5 Å². The van der Waals surface area contributed by atoms with E-state index in [1.54, 1.807) is 12.3 Å². The maximum Gasteiger partial charge on any atom is 0.187 e. The van der Waals surface area contributed by atoms with Crippen LogP contribution in [0.3, 0.4) is 0 Å². The molecule has 3 aromatic rings. The van der Waals surface area contributed by atoms with Crippen molar-refractivity contribution in [1.29, 1.82) is 0 Å². The van der Waals surface area contributed by atoms with E-state index in [9.17, 15) is 0 Å². The standard InChI is InChI=1S/C21H24F2N4O2S/c1-21(2,3)10-25-19-18-11(9-24-20(27-18)30-6)7-12(26-19)15-16(22)13(28-4)8-14(29-5)17(15)23/h7-9H,10H2,1-6H3,(H,25,26). The number of nitrogens with one attached hydrogen (secondary N) is 1. The van der Waals surface area contributed by atoms with Gasteiger partial charge in [0.2, 0.25) is 0 Å². The van der Waals surface area contributed by atoms with Crippen molar-refractivity contribution in [3.05, 3.63) is 30.0 Å². The van der Waals surface area contributed by atoms with Gasteiger partial charge >= 0.3 is 0 Å². The zero-order chi connectivity index (χ0) is 22.1.